The van der Waals surface area contributed by atoms with Gasteiger partial charge in [-0.2, -0.15) is 0 Å². The largest absolute Gasteiger partial charge is 0.497 e. The highest BCUT2D eigenvalue weighted by Gasteiger charge is 2.39. The number of imide groups is 1. The van der Waals surface area contributed by atoms with Gasteiger partial charge in [0.1, 0.15) is 11.5 Å². The highest BCUT2D eigenvalue weighted by atomic mass is 16.5. The lowest BCUT2D eigenvalue weighted by Crippen LogP contribution is -2.32. The van der Waals surface area contributed by atoms with Gasteiger partial charge in [-0.25, -0.2) is 4.98 Å². The normalized spacial score (nSPS) is 13.1. The first kappa shape index (κ1) is 20.8. The van der Waals surface area contributed by atoms with E-state index in [1.54, 1.807) is 27.4 Å². The second-order valence-corrected chi connectivity index (χ2v) is 7.49. The summed E-state index contributed by atoms with van der Waals surface area (Å²) in [7, 11) is 4.71. The van der Waals surface area contributed by atoms with Gasteiger partial charge in [0.15, 0.2) is 0 Å². The van der Waals surface area contributed by atoms with E-state index >= 15 is 0 Å². The monoisotopic (exact) mass is 420 g/mol. The van der Waals surface area contributed by atoms with E-state index in [2.05, 4.69) is 4.98 Å². The summed E-state index contributed by atoms with van der Waals surface area (Å²) in [5, 5.41) is 0.693. The molecule has 0 unspecified atom stereocenters. The summed E-state index contributed by atoms with van der Waals surface area (Å²) in [5.41, 5.74) is 3.82. The second-order valence-electron chi connectivity index (χ2n) is 7.49. The summed E-state index contributed by atoms with van der Waals surface area (Å²) in [6.45, 7) is 2.35. The SMILES string of the molecule is COCc1nc2ccc(C)cc2c2c1C(=O)N(CCc1cc(OC)cc(OC)c1)C2=O. The predicted octanol–water partition coefficient (Wildman–Crippen LogP) is 3.55. The fraction of sp³-hybridized carbons (Fsp3) is 0.292. The van der Waals surface area contributed by atoms with Crippen LogP contribution in [0.1, 0.15) is 37.5 Å². The molecule has 2 heterocycles. The van der Waals surface area contributed by atoms with Gasteiger partial charge in [0.25, 0.3) is 11.8 Å². The minimum atomic E-state index is -0.335. The van der Waals surface area contributed by atoms with Crippen LogP contribution in [0, 0.1) is 6.92 Å². The van der Waals surface area contributed by atoms with Gasteiger partial charge in [0.2, 0.25) is 0 Å². The molecule has 0 spiro atoms. The average molecular weight is 420 g/mol. The van der Waals surface area contributed by atoms with Crippen LogP contribution in [0.2, 0.25) is 0 Å². The maximum absolute atomic E-state index is 13.3. The first-order chi connectivity index (χ1) is 15.0. The smallest absolute Gasteiger partial charge is 0.263 e. The number of hydrogen-bond acceptors (Lipinski definition) is 6. The number of carbonyl (C=O) groups excluding carboxylic acids is 2. The topological polar surface area (TPSA) is 78.0 Å². The van der Waals surface area contributed by atoms with Gasteiger partial charge in [-0.15, -0.1) is 0 Å². The van der Waals surface area contributed by atoms with Crippen LogP contribution in [0.15, 0.2) is 36.4 Å². The lowest BCUT2D eigenvalue weighted by molar-refractivity contribution is 0.0655. The molecule has 0 saturated carbocycles. The van der Waals surface area contributed by atoms with E-state index in [0.29, 0.717) is 45.6 Å². The lowest BCUT2D eigenvalue weighted by Gasteiger charge is -2.15. The number of amides is 2. The highest BCUT2D eigenvalue weighted by molar-refractivity contribution is 6.26. The minimum absolute atomic E-state index is 0.159. The van der Waals surface area contributed by atoms with Crippen LogP contribution in [-0.2, 0) is 17.8 Å². The maximum Gasteiger partial charge on any atom is 0.263 e. The Hall–Kier alpha value is -3.45. The molecule has 0 saturated heterocycles. The summed E-state index contributed by atoms with van der Waals surface area (Å²) < 4.78 is 15.9. The van der Waals surface area contributed by atoms with Crippen molar-refractivity contribution in [2.75, 3.05) is 27.9 Å². The maximum atomic E-state index is 13.3. The van der Waals surface area contributed by atoms with Gasteiger partial charge in [0.05, 0.1) is 43.2 Å². The summed E-state index contributed by atoms with van der Waals surface area (Å²) in [4.78, 5) is 32.5. The summed E-state index contributed by atoms with van der Waals surface area (Å²) >= 11 is 0. The van der Waals surface area contributed by atoms with Crippen molar-refractivity contribution >= 4 is 22.7 Å². The van der Waals surface area contributed by atoms with E-state index in [1.807, 2.05) is 37.3 Å². The summed E-state index contributed by atoms with van der Waals surface area (Å²) in [5.74, 6) is 0.678. The fourth-order valence-electron chi connectivity index (χ4n) is 3.94. The Morgan fingerprint density at radius 3 is 2.23 bits per heavy atom. The Balaban J connectivity index is 1.71. The van der Waals surface area contributed by atoms with Crippen LogP contribution in [0.3, 0.4) is 0 Å². The molecule has 0 N–H and O–H groups in total. The Labute approximate surface area is 180 Å². The molecule has 1 aliphatic rings. The molecule has 2 aromatic carbocycles. The number of hydrogen-bond donors (Lipinski definition) is 0. The van der Waals surface area contributed by atoms with Crippen molar-refractivity contribution < 1.29 is 23.8 Å². The zero-order chi connectivity index (χ0) is 22.1. The number of carbonyl (C=O) groups is 2. The molecule has 31 heavy (non-hydrogen) atoms. The molecule has 7 nitrogen and oxygen atoms in total. The van der Waals surface area contributed by atoms with Gasteiger partial charge in [0, 0.05) is 25.1 Å². The Bertz CT molecular complexity index is 1170. The molecule has 160 valence electrons. The number of pyridine rings is 1. The molecule has 0 aliphatic carbocycles. The number of methoxy groups -OCH3 is 3. The molecular formula is C24H24N2O5. The first-order valence-electron chi connectivity index (χ1n) is 9.97. The van der Waals surface area contributed by atoms with Gasteiger partial charge in [-0.3, -0.25) is 14.5 Å². The number of fused-ring (bicyclic) bond motifs is 3. The highest BCUT2D eigenvalue weighted by Crippen LogP contribution is 2.33. The number of aryl methyl sites for hydroxylation is 1. The number of nitrogens with zero attached hydrogens (tertiary/aromatic N) is 2. The number of ether oxygens (including phenoxy) is 3. The van der Waals surface area contributed by atoms with Gasteiger partial charge < -0.3 is 14.2 Å². The van der Waals surface area contributed by atoms with Crippen molar-refractivity contribution in [1.82, 2.24) is 9.88 Å². The van der Waals surface area contributed by atoms with Crippen LogP contribution in [-0.4, -0.2) is 49.6 Å². The molecular weight excluding hydrogens is 396 g/mol. The van der Waals surface area contributed by atoms with Crippen LogP contribution in [0.25, 0.3) is 10.9 Å². The number of rotatable bonds is 7. The van der Waals surface area contributed by atoms with Gasteiger partial charge in [-0.05, 0) is 43.2 Å². The first-order valence-corrected chi connectivity index (χ1v) is 9.97. The van der Waals surface area contributed by atoms with Gasteiger partial charge >= 0.3 is 0 Å². The van der Waals surface area contributed by atoms with E-state index in [0.717, 1.165) is 11.1 Å². The Morgan fingerprint density at radius 1 is 0.903 bits per heavy atom. The Kier molecular flexibility index (Phi) is 5.61. The molecule has 0 atom stereocenters. The molecule has 7 heteroatoms. The molecule has 4 rings (SSSR count). The average Bonchev–Trinajstić information content (AvgIpc) is 3.03. The summed E-state index contributed by atoms with van der Waals surface area (Å²) in [6, 6.07) is 11.2. The van der Waals surface area contributed by atoms with E-state index in [4.69, 9.17) is 14.2 Å². The van der Waals surface area contributed by atoms with Crippen molar-refractivity contribution in [2.24, 2.45) is 0 Å². The van der Waals surface area contributed by atoms with Crippen molar-refractivity contribution in [3.8, 4) is 11.5 Å². The standard InChI is InChI=1S/C24H24N2O5/c1-14-5-6-19-18(9-14)21-22(20(25-19)13-29-2)24(28)26(23(21)27)8-7-15-10-16(30-3)12-17(11-15)31-4/h5-6,9-12H,7-8,13H2,1-4H3. The van der Waals surface area contributed by atoms with Crippen molar-refractivity contribution in [1.29, 1.82) is 0 Å². The lowest BCUT2D eigenvalue weighted by atomic mass is 10.0. The number of aromatic nitrogens is 1. The van der Waals surface area contributed by atoms with E-state index in [1.165, 1.54) is 4.90 Å². The van der Waals surface area contributed by atoms with Crippen LogP contribution >= 0.6 is 0 Å². The zero-order valence-corrected chi connectivity index (χ0v) is 18.0. The second kappa shape index (κ2) is 8.35. The summed E-state index contributed by atoms with van der Waals surface area (Å²) in [6.07, 6.45) is 0.475. The minimum Gasteiger partial charge on any atom is -0.497 e. The molecule has 3 aromatic rings. The van der Waals surface area contributed by atoms with Crippen molar-refractivity contribution in [3.63, 3.8) is 0 Å². The molecule has 1 aliphatic heterocycles. The molecule has 2 amide bonds. The van der Waals surface area contributed by atoms with Crippen LogP contribution in [0.5, 0.6) is 11.5 Å². The predicted molar refractivity (Wildman–Crippen MR) is 116 cm³/mol. The molecule has 1 aromatic heterocycles. The molecule has 0 bridgehead atoms. The van der Waals surface area contributed by atoms with Crippen molar-refractivity contribution in [3.05, 3.63) is 64.3 Å². The van der Waals surface area contributed by atoms with E-state index in [9.17, 15) is 9.59 Å². The zero-order valence-electron chi connectivity index (χ0n) is 18.0. The van der Waals surface area contributed by atoms with Gasteiger partial charge in [-0.1, -0.05) is 11.6 Å². The van der Waals surface area contributed by atoms with E-state index in [-0.39, 0.29) is 25.0 Å². The van der Waals surface area contributed by atoms with Crippen molar-refractivity contribution in [2.45, 2.75) is 20.0 Å². The third-order valence-electron chi connectivity index (χ3n) is 5.45. The molecule has 0 radical (unpaired) electrons. The fourth-order valence-corrected chi connectivity index (χ4v) is 3.94. The number of benzene rings is 2. The van der Waals surface area contributed by atoms with Crippen LogP contribution < -0.4 is 9.47 Å². The third-order valence-corrected chi connectivity index (χ3v) is 5.45. The third kappa shape index (κ3) is 3.72. The molecule has 0 fully saturated rings. The quantitative estimate of drug-likeness (QED) is 0.544. The van der Waals surface area contributed by atoms with Crippen LogP contribution in [0.4, 0.5) is 0 Å². The Morgan fingerprint density at radius 2 is 1.58 bits per heavy atom. The van der Waals surface area contributed by atoms with E-state index < -0.39 is 0 Å².